The lowest BCUT2D eigenvalue weighted by molar-refractivity contribution is -0.137. The molecule has 1 aliphatic rings. The number of methoxy groups -OCH3 is 1. The number of amides is 2. The zero-order valence-corrected chi connectivity index (χ0v) is 17.1. The van der Waals surface area contributed by atoms with Gasteiger partial charge in [-0.05, 0) is 30.3 Å². The van der Waals surface area contributed by atoms with E-state index in [0.29, 0.717) is 16.8 Å². The van der Waals surface area contributed by atoms with Gasteiger partial charge in [-0.2, -0.15) is 22.5 Å². The summed E-state index contributed by atoms with van der Waals surface area (Å²) in [5, 5.41) is 2.45. The summed E-state index contributed by atoms with van der Waals surface area (Å²) in [5.41, 5.74) is 0.530. The Balaban J connectivity index is 1.66. The number of aromatic nitrogens is 2. The maximum Gasteiger partial charge on any atom is 0.416 e. The summed E-state index contributed by atoms with van der Waals surface area (Å²) in [6.07, 6.45) is -3.17. The monoisotopic (exact) mass is 460 g/mol. The van der Waals surface area contributed by atoms with Crippen molar-refractivity contribution >= 4 is 23.2 Å². The number of carbonyl (C=O) groups excluding carboxylic acids is 2. The molecule has 0 bridgehead atoms. The van der Waals surface area contributed by atoms with Gasteiger partial charge >= 0.3 is 6.18 Å². The number of ether oxygens (including phenoxy) is 1. The molecule has 0 radical (unpaired) electrons. The molecule has 7 nitrogen and oxygen atoms in total. The molecule has 0 fully saturated rings. The van der Waals surface area contributed by atoms with Crippen LogP contribution in [-0.4, -0.2) is 35.4 Å². The lowest BCUT2D eigenvalue weighted by atomic mass is 10.0. The Morgan fingerprint density at radius 1 is 1.21 bits per heavy atom. The molecule has 170 valence electrons. The first-order chi connectivity index (χ1) is 15.7. The highest BCUT2D eigenvalue weighted by Crippen LogP contribution is 2.41. The summed E-state index contributed by atoms with van der Waals surface area (Å²) in [5.74, 6) is -2.21. The maximum absolute atomic E-state index is 14.2. The highest BCUT2D eigenvalue weighted by atomic mass is 19.4. The van der Waals surface area contributed by atoms with Crippen LogP contribution in [0.15, 0.2) is 48.7 Å². The normalized spacial score (nSPS) is 13.1. The van der Waals surface area contributed by atoms with Crippen LogP contribution < -0.4 is 15.0 Å². The number of fused-ring (bicyclic) bond motifs is 3. The molecule has 0 unspecified atom stereocenters. The lowest BCUT2D eigenvalue weighted by Gasteiger charge is -2.23. The highest BCUT2D eigenvalue weighted by Gasteiger charge is 2.32. The number of hydrogen-bond acceptors (Lipinski definition) is 5. The van der Waals surface area contributed by atoms with Gasteiger partial charge in [0.15, 0.2) is 0 Å². The first kappa shape index (κ1) is 22.2. The molecular weight excluding hydrogens is 444 g/mol. The zero-order valence-electron chi connectivity index (χ0n) is 17.1. The van der Waals surface area contributed by atoms with Crippen LogP contribution in [0.4, 0.5) is 28.9 Å². The van der Waals surface area contributed by atoms with Gasteiger partial charge in [0, 0.05) is 23.5 Å². The Bertz CT molecular complexity index is 1230. The predicted octanol–water partition coefficient (Wildman–Crippen LogP) is 3.84. The van der Waals surface area contributed by atoms with Crippen molar-refractivity contribution in [3.8, 4) is 17.0 Å². The van der Waals surface area contributed by atoms with Crippen LogP contribution in [0.2, 0.25) is 0 Å². The number of halogens is 4. The van der Waals surface area contributed by atoms with E-state index >= 15 is 0 Å². The van der Waals surface area contributed by atoms with Crippen molar-refractivity contribution in [2.75, 3.05) is 23.9 Å². The summed E-state index contributed by atoms with van der Waals surface area (Å²) < 4.78 is 57.7. The van der Waals surface area contributed by atoms with Gasteiger partial charge < -0.3 is 15.0 Å². The lowest BCUT2D eigenvalue weighted by Crippen LogP contribution is -2.38. The number of hydrogen-bond donors (Lipinski definition) is 1. The van der Waals surface area contributed by atoms with Crippen LogP contribution in [0, 0.1) is 5.95 Å². The summed E-state index contributed by atoms with van der Waals surface area (Å²) in [7, 11) is 1.30. The van der Waals surface area contributed by atoms with Gasteiger partial charge in [-0.25, -0.2) is 0 Å². The van der Waals surface area contributed by atoms with Gasteiger partial charge in [0.2, 0.25) is 23.6 Å². The minimum Gasteiger partial charge on any atom is -0.480 e. The van der Waals surface area contributed by atoms with Crippen LogP contribution in [0.25, 0.3) is 11.1 Å². The van der Waals surface area contributed by atoms with Crippen molar-refractivity contribution in [3.05, 3.63) is 65.9 Å². The summed E-state index contributed by atoms with van der Waals surface area (Å²) in [6, 6.07) is 8.21. The van der Waals surface area contributed by atoms with E-state index in [0.717, 1.165) is 35.2 Å². The average Bonchev–Trinajstić information content (AvgIpc) is 2.87. The molecule has 0 atom stereocenters. The fraction of sp³-hybridized carbons (Fsp3) is 0.182. The van der Waals surface area contributed by atoms with E-state index in [1.54, 1.807) is 12.1 Å². The number of nitrogens with one attached hydrogen (secondary N) is 1. The van der Waals surface area contributed by atoms with Crippen LogP contribution in [-0.2, 0) is 22.2 Å². The topological polar surface area (TPSA) is 84.4 Å². The minimum absolute atomic E-state index is 0.0682. The molecule has 0 aliphatic carbocycles. The Kier molecular flexibility index (Phi) is 5.71. The third-order valence-electron chi connectivity index (χ3n) is 5.00. The van der Waals surface area contributed by atoms with Crippen LogP contribution >= 0.6 is 0 Å². The van der Waals surface area contributed by atoms with Crippen LogP contribution in [0.5, 0.6) is 5.88 Å². The molecule has 1 aromatic carbocycles. The zero-order chi connectivity index (χ0) is 23.8. The number of carbonyl (C=O) groups is 2. The van der Waals surface area contributed by atoms with Crippen molar-refractivity contribution in [1.29, 1.82) is 0 Å². The summed E-state index contributed by atoms with van der Waals surface area (Å²) >= 11 is 0. The fourth-order valence-electron chi connectivity index (χ4n) is 3.53. The molecule has 4 rings (SSSR count). The van der Waals surface area contributed by atoms with Crippen molar-refractivity contribution in [2.45, 2.75) is 12.6 Å². The van der Waals surface area contributed by atoms with E-state index < -0.39 is 36.0 Å². The predicted molar refractivity (Wildman–Crippen MR) is 110 cm³/mol. The largest absolute Gasteiger partial charge is 0.480 e. The molecule has 33 heavy (non-hydrogen) atoms. The highest BCUT2D eigenvalue weighted by molar-refractivity contribution is 6.08. The van der Waals surface area contributed by atoms with E-state index in [-0.39, 0.29) is 23.7 Å². The van der Waals surface area contributed by atoms with E-state index in [2.05, 4.69) is 15.3 Å². The molecule has 3 heterocycles. The van der Waals surface area contributed by atoms with Gasteiger partial charge in [0.05, 0.1) is 36.0 Å². The fourth-order valence-corrected chi connectivity index (χ4v) is 3.53. The Hall–Kier alpha value is -4.02. The van der Waals surface area contributed by atoms with Crippen molar-refractivity contribution < 1.29 is 31.9 Å². The minimum atomic E-state index is -4.51. The Morgan fingerprint density at radius 2 is 1.94 bits per heavy atom. The number of pyridine rings is 2. The van der Waals surface area contributed by atoms with Gasteiger partial charge in [-0.15, -0.1) is 0 Å². The number of benzene rings is 1. The summed E-state index contributed by atoms with van der Waals surface area (Å²) in [4.78, 5) is 34.7. The average molecular weight is 460 g/mol. The molecule has 1 N–H and O–H groups in total. The van der Waals surface area contributed by atoms with Gasteiger partial charge in [-0.3, -0.25) is 14.6 Å². The second kappa shape index (κ2) is 8.49. The molecule has 0 saturated carbocycles. The number of rotatable bonds is 4. The molecule has 0 saturated heterocycles. The third kappa shape index (κ3) is 4.47. The van der Waals surface area contributed by atoms with E-state index in [9.17, 15) is 27.2 Å². The number of alkyl halides is 3. The smallest absolute Gasteiger partial charge is 0.416 e. The van der Waals surface area contributed by atoms with Crippen molar-refractivity contribution in [3.63, 3.8) is 0 Å². The first-order valence-electron chi connectivity index (χ1n) is 9.63. The number of anilines is 2. The number of nitrogens with zero attached hydrogens (tertiary/aromatic N) is 3. The SMILES string of the molecule is COc1nc(F)cc2c1-c1cccnc1CC(=O)N2CC(=O)Nc1ccc(C(F)(F)F)cc1. The summed E-state index contributed by atoms with van der Waals surface area (Å²) in [6.45, 7) is -0.520. The first-order valence-corrected chi connectivity index (χ1v) is 9.63. The molecule has 3 aromatic rings. The van der Waals surface area contributed by atoms with Gasteiger partial charge in [0.25, 0.3) is 0 Å². The van der Waals surface area contributed by atoms with E-state index in [4.69, 9.17) is 4.74 Å². The molecule has 11 heteroatoms. The molecule has 2 amide bonds. The molecule has 1 aliphatic heterocycles. The van der Waals surface area contributed by atoms with Crippen molar-refractivity contribution in [1.82, 2.24) is 9.97 Å². The molecular formula is C22H16F4N4O3. The Morgan fingerprint density at radius 3 is 2.61 bits per heavy atom. The standard InChI is InChI=1S/C22H16F4N4O3/c1-33-21-20-14-3-2-8-27-15(14)9-19(32)30(16(20)10-17(23)29-21)11-18(31)28-13-6-4-12(5-7-13)22(24,25)26/h2-8,10H,9,11H2,1H3,(H,28,31). The Labute approximate surface area is 185 Å². The van der Waals surface area contributed by atoms with Crippen LogP contribution in [0.3, 0.4) is 0 Å². The van der Waals surface area contributed by atoms with Crippen LogP contribution in [0.1, 0.15) is 11.3 Å². The maximum atomic E-state index is 14.2. The second-order valence-corrected chi connectivity index (χ2v) is 7.13. The van der Waals surface area contributed by atoms with Crippen molar-refractivity contribution in [2.24, 2.45) is 0 Å². The third-order valence-corrected chi connectivity index (χ3v) is 5.00. The molecule has 0 spiro atoms. The second-order valence-electron chi connectivity index (χ2n) is 7.13. The molecule has 2 aromatic heterocycles. The van der Waals surface area contributed by atoms with E-state index in [1.807, 2.05) is 0 Å². The van der Waals surface area contributed by atoms with Gasteiger partial charge in [0.1, 0.15) is 6.54 Å². The quantitative estimate of drug-likeness (QED) is 0.473. The van der Waals surface area contributed by atoms with E-state index in [1.165, 1.54) is 13.3 Å². The van der Waals surface area contributed by atoms with Gasteiger partial charge in [-0.1, -0.05) is 6.07 Å².